The van der Waals surface area contributed by atoms with E-state index in [2.05, 4.69) is 18.2 Å². The van der Waals surface area contributed by atoms with Gasteiger partial charge in [0.25, 0.3) is 0 Å². The van der Waals surface area contributed by atoms with Gasteiger partial charge in [0.1, 0.15) is 5.60 Å². The van der Waals surface area contributed by atoms with Crippen LogP contribution in [0.15, 0.2) is 35.9 Å². The van der Waals surface area contributed by atoms with Crippen molar-refractivity contribution in [2.75, 3.05) is 13.1 Å². The van der Waals surface area contributed by atoms with Gasteiger partial charge in [0.15, 0.2) is 0 Å². The van der Waals surface area contributed by atoms with Crippen LogP contribution in [0.5, 0.6) is 0 Å². The fraction of sp³-hybridized carbons (Fsp3) is 0.471. The lowest BCUT2D eigenvalue weighted by molar-refractivity contribution is 0.0247. The molecule has 1 aromatic rings. The van der Waals surface area contributed by atoms with Crippen LogP contribution in [0.3, 0.4) is 0 Å². The molecule has 20 heavy (non-hydrogen) atoms. The van der Waals surface area contributed by atoms with Crippen molar-refractivity contribution in [3.05, 3.63) is 41.5 Å². The summed E-state index contributed by atoms with van der Waals surface area (Å²) in [6, 6.07) is 10.2. The number of benzene rings is 1. The van der Waals surface area contributed by atoms with Crippen molar-refractivity contribution < 1.29 is 9.53 Å². The Balaban J connectivity index is 2.02. The Hall–Kier alpha value is -1.77. The highest BCUT2D eigenvalue weighted by Gasteiger charge is 2.24. The first kappa shape index (κ1) is 14.6. The Kier molecular flexibility index (Phi) is 4.48. The fourth-order valence-electron chi connectivity index (χ4n) is 2.29. The van der Waals surface area contributed by atoms with E-state index in [0.29, 0.717) is 6.54 Å². The van der Waals surface area contributed by atoms with Crippen molar-refractivity contribution in [2.24, 2.45) is 0 Å². The highest BCUT2D eigenvalue weighted by atomic mass is 16.6. The number of nitrogens with zero attached hydrogens (tertiary/aromatic N) is 1. The number of likely N-dealkylation sites (tertiary alicyclic amines) is 1. The molecular formula is C17H23NO2. The lowest BCUT2D eigenvalue weighted by atomic mass is 10.0. The van der Waals surface area contributed by atoms with E-state index in [1.807, 2.05) is 39.0 Å². The van der Waals surface area contributed by atoms with Crippen molar-refractivity contribution in [1.29, 1.82) is 0 Å². The fourth-order valence-corrected chi connectivity index (χ4v) is 2.29. The highest BCUT2D eigenvalue weighted by Crippen LogP contribution is 2.20. The van der Waals surface area contributed by atoms with Gasteiger partial charge in [-0.3, -0.25) is 0 Å². The largest absolute Gasteiger partial charge is 0.444 e. The van der Waals surface area contributed by atoms with E-state index in [1.54, 1.807) is 4.90 Å². The van der Waals surface area contributed by atoms with E-state index in [1.165, 1.54) is 11.1 Å². The second-order valence-electron chi connectivity index (χ2n) is 6.22. The third-order valence-corrected chi connectivity index (χ3v) is 3.14. The maximum absolute atomic E-state index is 12.1. The lowest BCUT2D eigenvalue weighted by Gasteiger charge is -2.31. The predicted octanol–water partition coefficient (Wildman–Crippen LogP) is 4.10. The van der Waals surface area contributed by atoms with E-state index < -0.39 is 5.60 Å². The predicted molar refractivity (Wildman–Crippen MR) is 81.5 cm³/mol. The quantitative estimate of drug-likeness (QED) is 0.771. The molecule has 0 atom stereocenters. The minimum atomic E-state index is -0.433. The molecule has 0 spiro atoms. The van der Waals surface area contributed by atoms with Gasteiger partial charge >= 0.3 is 6.09 Å². The Morgan fingerprint density at radius 1 is 1.25 bits per heavy atom. The molecule has 108 valence electrons. The van der Waals surface area contributed by atoms with Crippen LogP contribution in [0.2, 0.25) is 0 Å². The lowest BCUT2D eigenvalue weighted by Crippen LogP contribution is -2.40. The summed E-state index contributed by atoms with van der Waals surface area (Å²) in [6.45, 7) is 7.14. The normalized spacial score (nSPS) is 18.1. The van der Waals surface area contributed by atoms with Gasteiger partial charge in [-0.25, -0.2) is 4.79 Å². The Labute approximate surface area is 121 Å². The number of amides is 1. The van der Waals surface area contributed by atoms with Crippen molar-refractivity contribution in [3.8, 4) is 0 Å². The van der Waals surface area contributed by atoms with Crippen LogP contribution in [0.4, 0.5) is 4.79 Å². The summed E-state index contributed by atoms with van der Waals surface area (Å²) < 4.78 is 5.44. The van der Waals surface area contributed by atoms with E-state index >= 15 is 0 Å². The first-order chi connectivity index (χ1) is 9.44. The van der Waals surface area contributed by atoms with Crippen molar-refractivity contribution >= 4 is 12.2 Å². The van der Waals surface area contributed by atoms with Gasteiger partial charge in [0.2, 0.25) is 0 Å². The molecule has 1 amide bonds. The molecule has 0 unspecified atom stereocenters. The molecule has 3 heteroatoms. The third-order valence-electron chi connectivity index (χ3n) is 3.14. The minimum Gasteiger partial charge on any atom is -0.444 e. The molecule has 1 aliphatic heterocycles. The molecule has 0 N–H and O–H groups in total. The van der Waals surface area contributed by atoms with Crippen LogP contribution >= 0.6 is 0 Å². The summed E-state index contributed by atoms with van der Waals surface area (Å²) in [5, 5.41) is 0. The van der Waals surface area contributed by atoms with Gasteiger partial charge in [-0.05, 0) is 39.2 Å². The standard InChI is InChI=1S/C17H23NO2/c1-17(2,3)20-16(19)18-11-7-10-15(13-18)12-14-8-5-4-6-9-14/h4-6,8-9,12H,7,10-11,13H2,1-3H3/b15-12-. The van der Waals surface area contributed by atoms with Gasteiger partial charge in [0.05, 0.1) is 0 Å². The smallest absolute Gasteiger partial charge is 0.410 e. The molecule has 0 saturated carbocycles. The summed E-state index contributed by atoms with van der Waals surface area (Å²) >= 11 is 0. The summed E-state index contributed by atoms with van der Waals surface area (Å²) in [7, 11) is 0. The third kappa shape index (κ3) is 4.41. The average Bonchev–Trinajstić information content (AvgIpc) is 2.38. The molecule has 0 aromatic heterocycles. The van der Waals surface area contributed by atoms with Gasteiger partial charge in [-0.1, -0.05) is 42.0 Å². The molecule has 1 saturated heterocycles. The van der Waals surface area contributed by atoms with Crippen molar-refractivity contribution in [1.82, 2.24) is 4.90 Å². The maximum atomic E-state index is 12.1. The first-order valence-corrected chi connectivity index (χ1v) is 7.16. The number of hydrogen-bond donors (Lipinski definition) is 0. The highest BCUT2D eigenvalue weighted by molar-refractivity contribution is 5.69. The summed E-state index contributed by atoms with van der Waals surface area (Å²) in [4.78, 5) is 13.9. The zero-order chi connectivity index (χ0) is 14.6. The molecule has 0 radical (unpaired) electrons. The number of hydrogen-bond acceptors (Lipinski definition) is 2. The monoisotopic (exact) mass is 273 g/mol. The van der Waals surface area contributed by atoms with Crippen LogP contribution < -0.4 is 0 Å². The Morgan fingerprint density at radius 2 is 1.95 bits per heavy atom. The second kappa shape index (κ2) is 6.12. The summed E-state index contributed by atoms with van der Waals surface area (Å²) in [5.74, 6) is 0. The van der Waals surface area contributed by atoms with Crippen LogP contribution in [0, 0.1) is 0 Å². The average molecular weight is 273 g/mol. The van der Waals surface area contributed by atoms with Crippen LogP contribution in [0.25, 0.3) is 6.08 Å². The number of piperidine rings is 1. The first-order valence-electron chi connectivity index (χ1n) is 7.16. The van der Waals surface area contributed by atoms with Crippen LogP contribution in [-0.2, 0) is 4.74 Å². The van der Waals surface area contributed by atoms with Gasteiger partial charge in [-0.2, -0.15) is 0 Å². The van der Waals surface area contributed by atoms with Gasteiger partial charge < -0.3 is 9.64 Å². The van der Waals surface area contributed by atoms with Gasteiger partial charge in [0, 0.05) is 13.1 Å². The van der Waals surface area contributed by atoms with Crippen molar-refractivity contribution in [2.45, 2.75) is 39.2 Å². The summed E-state index contributed by atoms with van der Waals surface area (Å²) in [6.07, 6.45) is 4.01. The molecule has 0 bridgehead atoms. The van der Waals surface area contributed by atoms with Crippen LogP contribution in [0.1, 0.15) is 39.2 Å². The van der Waals surface area contributed by atoms with Crippen molar-refractivity contribution in [3.63, 3.8) is 0 Å². The zero-order valence-corrected chi connectivity index (χ0v) is 12.6. The second-order valence-corrected chi connectivity index (χ2v) is 6.22. The Morgan fingerprint density at radius 3 is 2.60 bits per heavy atom. The number of rotatable bonds is 1. The SMILES string of the molecule is CC(C)(C)OC(=O)N1CCC/C(=C/c2ccccc2)C1. The van der Waals surface area contributed by atoms with E-state index in [-0.39, 0.29) is 6.09 Å². The molecular weight excluding hydrogens is 250 g/mol. The molecule has 2 rings (SSSR count). The minimum absolute atomic E-state index is 0.212. The molecule has 1 aromatic carbocycles. The number of carbonyl (C=O) groups excluding carboxylic acids is 1. The summed E-state index contributed by atoms with van der Waals surface area (Å²) in [5.41, 5.74) is 2.04. The molecule has 3 nitrogen and oxygen atoms in total. The van der Waals surface area contributed by atoms with Gasteiger partial charge in [-0.15, -0.1) is 0 Å². The van der Waals surface area contributed by atoms with E-state index in [4.69, 9.17) is 4.74 Å². The molecule has 1 heterocycles. The maximum Gasteiger partial charge on any atom is 0.410 e. The molecule has 0 aliphatic carbocycles. The number of ether oxygens (including phenoxy) is 1. The van der Waals surface area contributed by atoms with E-state index in [0.717, 1.165) is 19.4 Å². The molecule has 1 fully saturated rings. The van der Waals surface area contributed by atoms with E-state index in [9.17, 15) is 4.79 Å². The zero-order valence-electron chi connectivity index (χ0n) is 12.6. The Bertz CT molecular complexity index is 485. The van der Waals surface area contributed by atoms with Crippen LogP contribution in [-0.4, -0.2) is 29.7 Å². The molecule has 1 aliphatic rings. The number of carbonyl (C=O) groups is 1. The topological polar surface area (TPSA) is 29.5 Å².